The molecule has 0 saturated heterocycles. The van der Waals surface area contributed by atoms with E-state index < -0.39 is 0 Å². The minimum absolute atomic E-state index is 0.887. The third-order valence-corrected chi connectivity index (χ3v) is 3.25. The Balaban J connectivity index is 2.64. The molecule has 0 aliphatic carbocycles. The van der Waals surface area contributed by atoms with Crippen LogP contribution in [0.3, 0.4) is 0 Å². The van der Waals surface area contributed by atoms with Gasteiger partial charge in [-0.15, -0.1) is 0 Å². The third-order valence-electron chi connectivity index (χ3n) is 2.26. The van der Waals surface area contributed by atoms with Gasteiger partial charge in [0.05, 0.1) is 5.69 Å². The second-order valence-corrected chi connectivity index (χ2v) is 4.29. The van der Waals surface area contributed by atoms with Crippen molar-refractivity contribution in [2.24, 2.45) is 0 Å². The molecule has 0 amide bonds. The number of benzene rings is 1. The zero-order valence-corrected chi connectivity index (χ0v) is 9.11. The van der Waals surface area contributed by atoms with Crippen molar-refractivity contribution in [3.63, 3.8) is 0 Å². The number of likely N-dealkylation sites (N-methyl/N-ethyl adjacent to an activating group) is 1. The van der Waals surface area contributed by atoms with E-state index in [1.54, 1.807) is 0 Å². The summed E-state index contributed by atoms with van der Waals surface area (Å²) >= 11 is 9.58. The van der Waals surface area contributed by atoms with Gasteiger partial charge in [-0.25, -0.2) is 0 Å². The topological polar surface area (TPSA) is 3.24 Å². The first kappa shape index (κ1) is 8.39. The fourth-order valence-corrected chi connectivity index (χ4v) is 2.55. The molecular weight excluding hydrogens is 237 g/mol. The molecule has 0 aromatic heterocycles. The molecule has 0 unspecified atom stereocenters. The Bertz CT molecular complexity index is 325. The van der Waals surface area contributed by atoms with Crippen LogP contribution in [-0.2, 0) is 6.42 Å². The largest absolute Gasteiger partial charge is 0.373 e. The molecule has 1 heterocycles. The van der Waals surface area contributed by atoms with Crippen molar-refractivity contribution in [2.45, 2.75) is 6.42 Å². The van der Waals surface area contributed by atoms with Crippen LogP contribution in [0.25, 0.3) is 0 Å². The van der Waals surface area contributed by atoms with Gasteiger partial charge in [0, 0.05) is 23.1 Å². The average Bonchev–Trinajstić information content (AvgIpc) is 2.42. The minimum Gasteiger partial charge on any atom is -0.373 e. The van der Waals surface area contributed by atoms with Crippen molar-refractivity contribution in [3.8, 4) is 0 Å². The zero-order valence-electron chi connectivity index (χ0n) is 6.77. The van der Waals surface area contributed by atoms with Crippen LogP contribution in [0.15, 0.2) is 16.6 Å². The summed E-state index contributed by atoms with van der Waals surface area (Å²) in [4.78, 5) is 2.23. The molecule has 64 valence electrons. The first-order valence-electron chi connectivity index (χ1n) is 3.88. The van der Waals surface area contributed by atoms with E-state index in [0.29, 0.717) is 0 Å². The van der Waals surface area contributed by atoms with Crippen LogP contribution in [-0.4, -0.2) is 13.6 Å². The Morgan fingerprint density at radius 3 is 2.92 bits per heavy atom. The first-order valence-corrected chi connectivity index (χ1v) is 5.05. The SMILES string of the molecule is CN1CCc2c(Cl)ccc(Br)c21. The van der Waals surface area contributed by atoms with Crippen LogP contribution in [0.1, 0.15) is 5.56 Å². The highest BCUT2D eigenvalue weighted by atomic mass is 79.9. The lowest BCUT2D eigenvalue weighted by atomic mass is 10.2. The van der Waals surface area contributed by atoms with E-state index >= 15 is 0 Å². The molecule has 2 rings (SSSR count). The molecule has 1 aliphatic rings. The van der Waals surface area contributed by atoms with Gasteiger partial charge in [0.15, 0.2) is 0 Å². The monoisotopic (exact) mass is 245 g/mol. The normalized spacial score (nSPS) is 15.1. The Morgan fingerprint density at radius 2 is 2.25 bits per heavy atom. The first-order chi connectivity index (χ1) is 5.70. The van der Waals surface area contributed by atoms with Gasteiger partial charge in [-0.1, -0.05) is 11.6 Å². The van der Waals surface area contributed by atoms with E-state index in [1.165, 1.54) is 11.3 Å². The van der Waals surface area contributed by atoms with Crippen molar-refractivity contribution in [1.82, 2.24) is 0 Å². The van der Waals surface area contributed by atoms with E-state index in [1.807, 2.05) is 12.1 Å². The highest BCUT2D eigenvalue weighted by Crippen LogP contribution is 2.38. The van der Waals surface area contributed by atoms with Gasteiger partial charge in [-0.05, 0) is 40.0 Å². The highest BCUT2D eigenvalue weighted by molar-refractivity contribution is 9.10. The van der Waals surface area contributed by atoms with Crippen molar-refractivity contribution < 1.29 is 0 Å². The van der Waals surface area contributed by atoms with E-state index in [4.69, 9.17) is 11.6 Å². The number of fused-ring (bicyclic) bond motifs is 1. The van der Waals surface area contributed by atoms with E-state index in [-0.39, 0.29) is 0 Å². The molecule has 1 nitrogen and oxygen atoms in total. The molecule has 1 aromatic rings. The Hall–Kier alpha value is -0.210. The standard InChI is InChI=1S/C9H9BrClN/c1-12-5-4-6-8(11)3-2-7(10)9(6)12/h2-3H,4-5H2,1H3. The summed E-state index contributed by atoms with van der Waals surface area (Å²) in [6.07, 6.45) is 1.06. The van der Waals surface area contributed by atoms with Crippen molar-refractivity contribution in [3.05, 3.63) is 27.2 Å². The molecular formula is C9H9BrClN. The summed E-state index contributed by atoms with van der Waals surface area (Å²) in [5.74, 6) is 0. The summed E-state index contributed by atoms with van der Waals surface area (Å²) < 4.78 is 1.14. The number of halogens is 2. The highest BCUT2D eigenvalue weighted by Gasteiger charge is 2.20. The van der Waals surface area contributed by atoms with Crippen LogP contribution >= 0.6 is 27.5 Å². The number of hydrogen-bond acceptors (Lipinski definition) is 1. The van der Waals surface area contributed by atoms with E-state index in [2.05, 4.69) is 27.9 Å². The molecule has 1 aliphatic heterocycles. The Labute approximate surface area is 85.5 Å². The number of nitrogens with zero attached hydrogens (tertiary/aromatic N) is 1. The van der Waals surface area contributed by atoms with Crippen LogP contribution in [0.2, 0.25) is 5.02 Å². The number of rotatable bonds is 0. The fraction of sp³-hybridized carbons (Fsp3) is 0.333. The molecule has 1 aromatic carbocycles. The summed E-state index contributed by atoms with van der Waals surface area (Å²) in [5.41, 5.74) is 2.52. The Kier molecular flexibility index (Phi) is 2.05. The van der Waals surface area contributed by atoms with E-state index in [0.717, 1.165) is 22.5 Å². The van der Waals surface area contributed by atoms with Gasteiger partial charge in [0.1, 0.15) is 0 Å². The molecule has 0 bridgehead atoms. The maximum atomic E-state index is 6.06. The minimum atomic E-state index is 0.887. The maximum absolute atomic E-state index is 6.06. The molecule has 0 atom stereocenters. The van der Waals surface area contributed by atoms with Gasteiger partial charge in [0.25, 0.3) is 0 Å². The van der Waals surface area contributed by atoms with Crippen LogP contribution in [0, 0.1) is 0 Å². The van der Waals surface area contributed by atoms with Gasteiger partial charge in [0.2, 0.25) is 0 Å². The predicted octanol–water partition coefficient (Wildman–Crippen LogP) is 3.09. The van der Waals surface area contributed by atoms with Crippen LogP contribution in [0.5, 0.6) is 0 Å². The lowest BCUT2D eigenvalue weighted by molar-refractivity contribution is 0.955. The third kappa shape index (κ3) is 1.14. The predicted molar refractivity (Wildman–Crippen MR) is 56.1 cm³/mol. The molecule has 0 spiro atoms. The van der Waals surface area contributed by atoms with Gasteiger partial charge >= 0.3 is 0 Å². The molecule has 0 radical (unpaired) electrons. The quantitative estimate of drug-likeness (QED) is 0.680. The zero-order chi connectivity index (χ0) is 8.72. The summed E-state index contributed by atoms with van der Waals surface area (Å²) in [5, 5.41) is 0.887. The second-order valence-electron chi connectivity index (χ2n) is 3.03. The summed E-state index contributed by atoms with van der Waals surface area (Å²) in [6, 6.07) is 3.95. The second kappa shape index (κ2) is 2.93. The smallest absolute Gasteiger partial charge is 0.0556 e. The van der Waals surface area contributed by atoms with Crippen molar-refractivity contribution >= 4 is 33.2 Å². The van der Waals surface area contributed by atoms with Crippen molar-refractivity contribution in [1.29, 1.82) is 0 Å². The van der Waals surface area contributed by atoms with Crippen LogP contribution in [0.4, 0.5) is 5.69 Å². The molecule has 0 fully saturated rings. The summed E-state index contributed by atoms with van der Waals surface area (Å²) in [6.45, 7) is 1.07. The van der Waals surface area contributed by atoms with Gasteiger partial charge in [-0.2, -0.15) is 0 Å². The maximum Gasteiger partial charge on any atom is 0.0556 e. The molecule has 0 saturated carbocycles. The van der Waals surface area contributed by atoms with Crippen LogP contribution < -0.4 is 4.90 Å². The lowest BCUT2D eigenvalue weighted by Crippen LogP contribution is -2.12. The number of hydrogen-bond donors (Lipinski definition) is 0. The van der Waals surface area contributed by atoms with Crippen molar-refractivity contribution in [2.75, 3.05) is 18.5 Å². The molecule has 3 heteroatoms. The number of anilines is 1. The fourth-order valence-electron chi connectivity index (χ4n) is 1.62. The summed E-state index contributed by atoms with van der Waals surface area (Å²) in [7, 11) is 2.09. The van der Waals surface area contributed by atoms with Gasteiger partial charge < -0.3 is 4.90 Å². The van der Waals surface area contributed by atoms with Gasteiger partial charge in [-0.3, -0.25) is 0 Å². The van der Waals surface area contributed by atoms with E-state index in [9.17, 15) is 0 Å². The molecule has 12 heavy (non-hydrogen) atoms. The lowest BCUT2D eigenvalue weighted by Gasteiger charge is -2.13. The Morgan fingerprint density at radius 1 is 1.50 bits per heavy atom. The molecule has 0 N–H and O–H groups in total. The average molecular weight is 247 g/mol.